The predicted octanol–water partition coefficient (Wildman–Crippen LogP) is 1.59. The van der Waals surface area contributed by atoms with Gasteiger partial charge < -0.3 is 14.8 Å². The summed E-state index contributed by atoms with van der Waals surface area (Å²) in [6.07, 6.45) is 0. The van der Waals surface area contributed by atoms with Crippen molar-refractivity contribution in [1.29, 1.82) is 0 Å². The van der Waals surface area contributed by atoms with Crippen LogP contribution in [0.5, 0.6) is 5.75 Å². The predicted molar refractivity (Wildman–Crippen MR) is 73.5 cm³/mol. The van der Waals surface area contributed by atoms with Gasteiger partial charge in [-0.1, -0.05) is 0 Å². The Labute approximate surface area is 121 Å². The van der Waals surface area contributed by atoms with Crippen molar-refractivity contribution in [3.05, 3.63) is 33.9 Å². The molecule has 1 aromatic rings. The van der Waals surface area contributed by atoms with Gasteiger partial charge in [0.25, 0.3) is 5.91 Å². The third kappa shape index (κ3) is 4.07. The smallest absolute Gasteiger partial charge is 0.311 e. The number of halogens is 1. The van der Waals surface area contributed by atoms with E-state index in [-0.39, 0.29) is 35.5 Å². The molecule has 1 unspecified atom stereocenters. The molecule has 110 valence electrons. The molecule has 1 aromatic carbocycles. The summed E-state index contributed by atoms with van der Waals surface area (Å²) in [6.45, 7) is 0.257. The second-order valence-corrected chi connectivity index (χ2v) is 4.23. The van der Waals surface area contributed by atoms with Crippen molar-refractivity contribution in [2.24, 2.45) is 0 Å². The summed E-state index contributed by atoms with van der Waals surface area (Å²) in [7, 11) is 2.81. The van der Waals surface area contributed by atoms with Crippen molar-refractivity contribution >= 4 is 23.2 Å². The van der Waals surface area contributed by atoms with Crippen LogP contribution in [0.25, 0.3) is 0 Å². The van der Waals surface area contributed by atoms with Crippen molar-refractivity contribution in [3.63, 3.8) is 0 Å². The number of carbonyl (C=O) groups is 1. The first-order chi connectivity index (χ1) is 9.53. The van der Waals surface area contributed by atoms with E-state index in [1.54, 1.807) is 0 Å². The minimum atomic E-state index is -0.607. The first-order valence-electron chi connectivity index (χ1n) is 5.71. The van der Waals surface area contributed by atoms with Crippen molar-refractivity contribution < 1.29 is 19.2 Å². The maximum absolute atomic E-state index is 12.0. The van der Waals surface area contributed by atoms with Gasteiger partial charge in [0.15, 0.2) is 5.75 Å². The van der Waals surface area contributed by atoms with Crippen LogP contribution in [0.4, 0.5) is 5.69 Å². The standard InChI is InChI=1S/C12H15ClN2O5/c1-19-7-9(6-13)14-12(16)8-3-4-11(20-2)10(5-8)15(17)18/h3-5,9H,6-7H2,1-2H3,(H,14,16). The number of nitrogens with one attached hydrogen (secondary N) is 1. The van der Waals surface area contributed by atoms with Crippen LogP contribution < -0.4 is 10.1 Å². The highest BCUT2D eigenvalue weighted by Crippen LogP contribution is 2.27. The third-order valence-corrected chi connectivity index (χ3v) is 2.90. The molecule has 0 heterocycles. The van der Waals surface area contributed by atoms with Crippen LogP contribution in [0.1, 0.15) is 10.4 Å². The van der Waals surface area contributed by atoms with Crippen LogP contribution in [-0.2, 0) is 4.74 Å². The lowest BCUT2D eigenvalue weighted by molar-refractivity contribution is -0.385. The minimum Gasteiger partial charge on any atom is -0.490 e. The number of methoxy groups -OCH3 is 2. The second kappa shape index (κ2) is 7.66. The SMILES string of the molecule is COCC(CCl)NC(=O)c1ccc(OC)c([N+](=O)[O-])c1. The molecule has 0 bridgehead atoms. The van der Waals surface area contributed by atoms with Crippen LogP contribution in [0.2, 0.25) is 0 Å². The summed E-state index contributed by atoms with van der Waals surface area (Å²) in [4.78, 5) is 22.3. The van der Waals surface area contributed by atoms with Crippen LogP contribution in [0.3, 0.4) is 0 Å². The van der Waals surface area contributed by atoms with Gasteiger partial charge in [-0.15, -0.1) is 11.6 Å². The number of rotatable bonds is 7. The second-order valence-electron chi connectivity index (χ2n) is 3.92. The molecule has 1 atom stereocenters. The Morgan fingerprint density at radius 3 is 2.70 bits per heavy atom. The summed E-state index contributed by atoms with van der Waals surface area (Å²) in [6, 6.07) is 3.61. The largest absolute Gasteiger partial charge is 0.490 e. The molecule has 0 radical (unpaired) electrons. The van der Waals surface area contributed by atoms with E-state index in [1.165, 1.54) is 26.4 Å². The zero-order valence-corrected chi connectivity index (χ0v) is 11.8. The number of carbonyl (C=O) groups excluding carboxylic acids is 1. The average molecular weight is 303 g/mol. The molecule has 0 spiro atoms. The van der Waals surface area contributed by atoms with Gasteiger partial charge in [-0.25, -0.2) is 0 Å². The molecule has 20 heavy (non-hydrogen) atoms. The molecular weight excluding hydrogens is 288 g/mol. The molecule has 0 aliphatic heterocycles. The monoisotopic (exact) mass is 302 g/mol. The van der Waals surface area contributed by atoms with E-state index in [1.807, 2.05) is 0 Å². The van der Waals surface area contributed by atoms with Crippen LogP contribution >= 0.6 is 11.6 Å². The van der Waals surface area contributed by atoms with Crippen LogP contribution in [-0.4, -0.2) is 43.6 Å². The molecule has 0 aliphatic rings. The Hall–Kier alpha value is -1.86. The molecule has 1 rings (SSSR count). The number of benzene rings is 1. The van der Waals surface area contributed by atoms with Gasteiger partial charge in [-0.05, 0) is 12.1 Å². The summed E-state index contributed by atoms with van der Waals surface area (Å²) in [5.74, 6) is -0.187. The molecular formula is C12H15ClN2O5. The van der Waals surface area contributed by atoms with Crippen LogP contribution in [0.15, 0.2) is 18.2 Å². The molecule has 0 fully saturated rings. The lowest BCUT2D eigenvalue weighted by atomic mass is 10.1. The number of alkyl halides is 1. The molecule has 0 aliphatic carbocycles. The molecule has 0 saturated carbocycles. The van der Waals surface area contributed by atoms with E-state index in [0.29, 0.717) is 0 Å². The van der Waals surface area contributed by atoms with Crippen molar-refractivity contribution in [1.82, 2.24) is 5.32 Å². The molecule has 0 aromatic heterocycles. The lowest BCUT2D eigenvalue weighted by Gasteiger charge is -2.15. The van der Waals surface area contributed by atoms with Gasteiger partial charge in [0.05, 0.1) is 24.7 Å². The van der Waals surface area contributed by atoms with Crippen molar-refractivity contribution in [3.8, 4) is 5.75 Å². The first-order valence-corrected chi connectivity index (χ1v) is 6.25. The number of nitro benzene ring substituents is 1. The van der Waals surface area contributed by atoms with Gasteiger partial charge in [-0.2, -0.15) is 0 Å². The van der Waals surface area contributed by atoms with Gasteiger partial charge in [0.2, 0.25) is 0 Å². The van der Waals surface area contributed by atoms with Gasteiger partial charge in [0, 0.05) is 24.6 Å². The normalized spacial score (nSPS) is 11.8. The zero-order chi connectivity index (χ0) is 15.1. The van der Waals surface area contributed by atoms with E-state index in [2.05, 4.69) is 5.32 Å². The van der Waals surface area contributed by atoms with E-state index in [0.717, 1.165) is 6.07 Å². The van der Waals surface area contributed by atoms with Crippen molar-refractivity contribution in [2.75, 3.05) is 26.7 Å². The fraction of sp³-hybridized carbons (Fsp3) is 0.417. The zero-order valence-electron chi connectivity index (χ0n) is 11.1. The number of nitrogens with zero attached hydrogens (tertiary/aromatic N) is 1. The van der Waals surface area contributed by atoms with Crippen LogP contribution in [0, 0.1) is 10.1 Å². The maximum Gasteiger partial charge on any atom is 0.311 e. The Morgan fingerprint density at radius 1 is 1.50 bits per heavy atom. The highest BCUT2D eigenvalue weighted by molar-refractivity contribution is 6.18. The third-order valence-electron chi connectivity index (χ3n) is 2.53. The number of nitro groups is 1. The fourth-order valence-corrected chi connectivity index (χ4v) is 1.73. The highest BCUT2D eigenvalue weighted by atomic mass is 35.5. The van der Waals surface area contributed by atoms with E-state index < -0.39 is 10.8 Å². The van der Waals surface area contributed by atoms with E-state index >= 15 is 0 Å². The summed E-state index contributed by atoms with van der Waals surface area (Å²) >= 11 is 5.68. The number of ether oxygens (including phenoxy) is 2. The summed E-state index contributed by atoms with van der Waals surface area (Å²) in [5, 5.41) is 13.5. The molecule has 8 heteroatoms. The molecule has 0 saturated heterocycles. The number of hydrogen-bond acceptors (Lipinski definition) is 5. The number of amides is 1. The van der Waals surface area contributed by atoms with E-state index in [9.17, 15) is 14.9 Å². The summed E-state index contributed by atoms with van der Waals surface area (Å²) in [5.41, 5.74) is -0.113. The minimum absolute atomic E-state index is 0.0948. The fourth-order valence-electron chi connectivity index (χ4n) is 1.57. The van der Waals surface area contributed by atoms with Crippen molar-refractivity contribution in [2.45, 2.75) is 6.04 Å². The first kappa shape index (κ1) is 16.2. The quantitative estimate of drug-likeness (QED) is 0.469. The maximum atomic E-state index is 12.0. The highest BCUT2D eigenvalue weighted by Gasteiger charge is 2.19. The Balaban J connectivity index is 2.93. The van der Waals surface area contributed by atoms with E-state index in [4.69, 9.17) is 21.1 Å². The van der Waals surface area contributed by atoms with Gasteiger partial charge in [0.1, 0.15) is 0 Å². The van der Waals surface area contributed by atoms with Gasteiger partial charge in [-0.3, -0.25) is 14.9 Å². The number of hydrogen-bond donors (Lipinski definition) is 1. The summed E-state index contributed by atoms with van der Waals surface area (Å²) < 4.78 is 9.77. The molecule has 1 N–H and O–H groups in total. The topological polar surface area (TPSA) is 90.7 Å². The average Bonchev–Trinajstić information content (AvgIpc) is 2.45. The molecule has 1 amide bonds. The van der Waals surface area contributed by atoms with Gasteiger partial charge >= 0.3 is 5.69 Å². The molecule has 7 nitrogen and oxygen atoms in total. The lowest BCUT2D eigenvalue weighted by Crippen LogP contribution is -2.39. The Morgan fingerprint density at radius 2 is 2.20 bits per heavy atom. The Bertz CT molecular complexity index is 495. The Kier molecular flexibility index (Phi) is 6.20.